The van der Waals surface area contributed by atoms with Gasteiger partial charge < -0.3 is 20.3 Å². The van der Waals surface area contributed by atoms with E-state index in [0.29, 0.717) is 31.8 Å². The molecule has 1 aliphatic rings. The molecule has 3 rings (SSSR count). The molecule has 2 aromatic rings. The van der Waals surface area contributed by atoms with Gasteiger partial charge in [-0.05, 0) is 62.1 Å². The topological polar surface area (TPSA) is 70.7 Å². The molecule has 0 unspecified atom stereocenters. The number of carbonyl (C=O) groups excluding carboxylic acids is 2. The zero-order chi connectivity index (χ0) is 21.3. The number of benzene rings is 2. The molecule has 6 heteroatoms. The van der Waals surface area contributed by atoms with Crippen LogP contribution in [0.5, 0.6) is 5.75 Å². The van der Waals surface area contributed by atoms with Crippen LogP contribution in [-0.2, 0) is 6.54 Å². The number of hydrogen-bond donors (Lipinski definition) is 2. The molecule has 1 fully saturated rings. The molecule has 2 aromatic carbocycles. The summed E-state index contributed by atoms with van der Waals surface area (Å²) in [5, 5.41) is 5.86. The van der Waals surface area contributed by atoms with E-state index in [1.54, 1.807) is 0 Å². The van der Waals surface area contributed by atoms with E-state index in [0.717, 1.165) is 36.3 Å². The second kappa shape index (κ2) is 10.7. The fourth-order valence-electron chi connectivity index (χ4n) is 3.79. The fraction of sp³-hybridized carbons (Fsp3) is 0.417. The highest BCUT2D eigenvalue weighted by atomic mass is 16.5. The molecule has 1 saturated heterocycles. The number of nitrogens with one attached hydrogen (secondary N) is 2. The maximum atomic E-state index is 12.7. The third-order valence-corrected chi connectivity index (χ3v) is 5.34. The Hall–Kier alpha value is -3.02. The van der Waals surface area contributed by atoms with Crippen molar-refractivity contribution in [3.05, 3.63) is 65.2 Å². The van der Waals surface area contributed by atoms with Crippen molar-refractivity contribution in [1.29, 1.82) is 0 Å². The zero-order valence-electron chi connectivity index (χ0n) is 17.8. The lowest BCUT2D eigenvalue weighted by Crippen LogP contribution is -2.44. The summed E-state index contributed by atoms with van der Waals surface area (Å²) in [5.74, 6) is 0.983. The van der Waals surface area contributed by atoms with E-state index in [1.165, 1.54) is 0 Å². The van der Waals surface area contributed by atoms with Crippen molar-refractivity contribution in [2.45, 2.75) is 39.2 Å². The number of urea groups is 1. The summed E-state index contributed by atoms with van der Waals surface area (Å²) in [5.41, 5.74) is 2.78. The predicted molar refractivity (Wildman–Crippen MR) is 118 cm³/mol. The van der Waals surface area contributed by atoms with Gasteiger partial charge in [0.25, 0.3) is 5.91 Å². The number of rotatable bonds is 7. The highest BCUT2D eigenvalue weighted by Crippen LogP contribution is 2.27. The molecule has 160 valence electrons. The van der Waals surface area contributed by atoms with Gasteiger partial charge in [0.05, 0.1) is 6.61 Å². The molecule has 0 aliphatic carbocycles. The first-order valence-electron chi connectivity index (χ1n) is 10.7. The number of carbonyl (C=O) groups is 2. The van der Waals surface area contributed by atoms with Gasteiger partial charge in [0.2, 0.25) is 0 Å². The summed E-state index contributed by atoms with van der Waals surface area (Å²) in [7, 11) is 0. The molecule has 1 aliphatic heterocycles. The smallest absolute Gasteiger partial charge is 0.317 e. The molecule has 30 heavy (non-hydrogen) atoms. The summed E-state index contributed by atoms with van der Waals surface area (Å²) in [6, 6.07) is 15.5. The van der Waals surface area contributed by atoms with Crippen LogP contribution in [-0.4, -0.2) is 43.1 Å². The van der Waals surface area contributed by atoms with Gasteiger partial charge in [-0.2, -0.15) is 0 Å². The van der Waals surface area contributed by atoms with E-state index in [9.17, 15) is 9.59 Å². The van der Waals surface area contributed by atoms with Crippen LogP contribution in [0.4, 0.5) is 4.79 Å². The molecule has 2 N–H and O–H groups in total. The first kappa shape index (κ1) is 21.7. The van der Waals surface area contributed by atoms with Crippen LogP contribution < -0.4 is 15.4 Å². The second-order valence-electron chi connectivity index (χ2n) is 7.51. The van der Waals surface area contributed by atoms with Crippen molar-refractivity contribution in [2.75, 3.05) is 26.2 Å². The van der Waals surface area contributed by atoms with E-state index < -0.39 is 0 Å². The average Bonchev–Trinajstić information content (AvgIpc) is 2.79. The van der Waals surface area contributed by atoms with Crippen LogP contribution >= 0.6 is 0 Å². The lowest BCUT2D eigenvalue weighted by atomic mass is 9.89. The summed E-state index contributed by atoms with van der Waals surface area (Å²) in [6.45, 7) is 7.07. The Morgan fingerprint density at radius 2 is 1.90 bits per heavy atom. The van der Waals surface area contributed by atoms with E-state index >= 15 is 0 Å². The van der Waals surface area contributed by atoms with Gasteiger partial charge in [0, 0.05) is 37.7 Å². The third-order valence-electron chi connectivity index (χ3n) is 5.34. The maximum absolute atomic E-state index is 12.7. The van der Waals surface area contributed by atoms with E-state index in [2.05, 4.69) is 16.7 Å². The number of nitrogens with zero attached hydrogens (tertiary/aromatic N) is 1. The SMILES string of the molecule is CCNC(=O)N1CCC[C@H](c2cccc(C(=O)NCc3ccc(OCC)cc3)c2)C1. The van der Waals surface area contributed by atoms with Crippen LogP contribution in [0, 0.1) is 0 Å². The Bertz CT molecular complexity index is 851. The Morgan fingerprint density at radius 1 is 1.10 bits per heavy atom. The van der Waals surface area contributed by atoms with Crippen molar-refractivity contribution >= 4 is 11.9 Å². The van der Waals surface area contributed by atoms with Crippen LogP contribution in [0.1, 0.15) is 54.1 Å². The fourth-order valence-corrected chi connectivity index (χ4v) is 3.79. The standard InChI is InChI=1S/C24H31N3O3/c1-3-25-24(29)27-14-6-9-21(17-27)19-7-5-8-20(15-19)23(28)26-16-18-10-12-22(13-11-18)30-4-2/h5,7-8,10-13,15,21H,3-4,6,9,14,16-17H2,1-2H3,(H,25,29)(H,26,28)/t21-/m0/s1. The average molecular weight is 410 g/mol. The molecular weight excluding hydrogens is 378 g/mol. The molecule has 1 atom stereocenters. The van der Waals surface area contributed by atoms with Gasteiger partial charge in [-0.1, -0.05) is 24.3 Å². The van der Waals surface area contributed by atoms with Gasteiger partial charge in [0.15, 0.2) is 0 Å². The number of likely N-dealkylation sites (tertiary alicyclic amines) is 1. The molecule has 6 nitrogen and oxygen atoms in total. The van der Waals surface area contributed by atoms with Crippen molar-refractivity contribution in [1.82, 2.24) is 15.5 Å². The van der Waals surface area contributed by atoms with Crippen molar-refractivity contribution in [2.24, 2.45) is 0 Å². The lowest BCUT2D eigenvalue weighted by molar-refractivity contribution is 0.0950. The van der Waals surface area contributed by atoms with Gasteiger partial charge >= 0.3 is 6.03 Å². The first-order chi connectivity index (χ1) is 14.6. The van der Waals surface area contributed by atoms with Gasteiger partial charge in [0.1, 0.15) is 5.75 Å². The predicted octanol–water partition coefficient (Wildman–Crippen LogP) is 3.92. The van der Waals surface area contributed by atoms with E-state index in [-0.39, 0.29) is 17.9 Å². The molecule has 0 spiro atoms. The van der Waals surface area contributed by atoms with Gasteiger partial charge in [-0.15, -0.1) is 0 Å². The van der Waals surface area contributed by atoms with Crippen molar-refractivity contribution in [3.8, 4) is 5.75 Å². The van der Waals surface area contributed by atoms with E-state index in [4.69, 9.17) is 4.74 Å². The highest BCUT2D eigenvalue weighted by Gasteiger charge is 2.24. The van der Waals surface area contributed by atoms with Gasteiger partial charge in [-0.3, -0.25) is 4.79 Å². The quantitative estimate of drug-likeness (QED) is 0.728. The maximum Gasteiger partial charge on any atom is 0.317 e. The Kier molecular flexibility index (Phi) is 7.71. The molecule has 3 amide bonds. The number of amides is 3. The number of ether oxygens (including phenoxy) is 1. The third kappa shape index (κ3) is 5.75. The minimum absolute atomic E-state index is 0.00791. The molecule has 0 bridgehead atoms. The summed E-state index contributed by atoms with van der Waals surface area (Å²) in [6.07, 6.45) is 1.99. The minimum Gasteiger partial charge on any atom is -0.494 e. The second-order valence-corrected chi connectivity index (χ2v) is 7.51. The monoisotopic (exact) mass is 409 g/mol. The van der Waals surface area contributed by atoms with Crippen molar-refractivity contribution in [3.63, 3.8) is 0 Å². The summed E-state index contributed by atoms with van der Waals surface area (Å²) < 4.78 is 5.45. The summed E-state index contributed by atoms with van der Waals surface area (Å²) in [4.78, 5) is 26.7. The van der Waals surface area contributed by atoms with Crippen molar-refractivity contribution < 1.29 is 14.3 Å². The zero-order valence-corrected chi connectivity index (χ0v) is 17.8. The Balaban J connectivity index is 1.60. The van der Waals surface area contributed by atoms with Crippen LogP contribution in [0.2, 0.25) is 0 Å². The first-order valence-corrected chi connectivity index (χ1v) is 10.7. The number of hydrogen-bond acceptors (Lipinski definition) is 3. The van der Waals surface area contributed by atoms with Gasteiger partial charge in [-0.25, -0.2) is 4.79 Å². The lowest BCUT2D eigenvalue weighted by Gasteiger charge is -2.33. The van der Waals surface area contributed by atoms with E-state index in [1.807, 2.05) is 61.2 Å². The minimum atomic E-state index is -0.0953. The summed E-state index contributed by atoms with van der Waals surface area (Å²) >= 11 is 0. The molecule has 0 aromatic heterocycles. The Labute approximate surface area is 178 Å². The normalized spacial score (nSPS) is 16.1. The Morgan fingerprint density at radius 3 is 2.63 bits per heavy atom. The largest absolute Gasteiger partial charge is 0.494 e. The van der Waals surface area contributed by atoms with Crippen LogP contribution in [0.3, 0.4) is 0 Å². The number of piperidine rings is 1. The molecule has 0 saturated carbocycles. The van der Waals surface area contributed by atoms with Crippen LogP contribution in [0.15, 0.2) is 48.5 Å². The molecule has 0 radical (unpaired) electrons. The molecular formula is C24H31N3O3. The highest BCUT2D eigenvalue weighted by molar-refractivity contribution is 5.94. The van der Waals surface area contributed by atoms with Crippen LogP contribution in [0.25, 0.3) is 0 Å². The molecule has 1 heterocycles.